The van der Waals surface area contributed by atoms with Crippen molar-refractivity contribution in [3.05, 3.63) is 47.9 Å². The number of aromatic nitrogens is 3. The molecule has 1 fully saturated rings. The Balaban J connectivity index is 1.54. The van der Waals surface area contributed by atoms with Crippen LogP contribution in [0.2, 0.25) is 0 Å². The van der Waals surface area contributed by atoms with E-state index in [0.717, 1.165) is 30.7 Å². The summed E-state index contributed by atoms with van der Waals surface area (Å²) in [6.45, 7) is 5.61. The van der Waals surface area contributed by atoms with Crippen molar-refractivity contribution in [1.29, 1.82) is 0 Å². The van der Waals surface area contributed by atoms with Crippen LogP contribution in [-0.2, 0) is 15.9 Å². The van der Waals surface area contributed by atoms with Crippen LogP contribution in [0.25, 0.3) is 0 Å². The van der Waals surface area contributed by atoms with Crippen LogP contribution in [0.5, 0.6) is 0 Å². The number of rotatable bonds is 0. The minimum Gasteiger partial charge on any atom is -0.476 e. The number of nitrogens with one attached hydrogen (secondary N) is 3. The van der Waals surface area contributed by atoms with Crippen molar-refractivity contribution >= 4 is 11.6 Å². The lowest BCUT2D eigenvalue weighted by Gasteiger charge is -2.17. The standard InChI is InChI=1S/C19H24FN5O2/c1-12-21-7-9-26-8-6-14-3-5-16(20)19(22-14)23-18-11-17(24-25-18)13-2-4-15(10-13)27-12/h3,5,11,13,15,21H,1-2,4,6-10H2,(H2,22,23,24,25)/t13-,15+/m0/s1. The molecular formula is C19H24FN5O2. The first-order valence-corrected chi connectivity index (χ1v) is 9.32. The molecule has 2 aromatic rings. The second-order valence-corrected chi connectivity index (χ2v) is 6.93. The lowest BCUT2D eigenvalue weighted by atomic mass is 10.0. The molecule has 3 N–H and O–H groups in total. The third-order valence-electron chi connectivity index (χ3n) is 4.95. The molecule has 3 heterocycles. The normalized spacial score (nSPS) is 23.5. The third kappa shape index (κ3) is 4.39. The molecule has 144 valence electrons. The molecule has 8 heteroatoms. The largest absolute Gasteiger partial charge is 0.476 e. The SMILES string of the molecule is C=C1NCCOCCc2ccc(F)c(n2)Nc2cc([nH]n2)[C@H]2CC[C@H](C2)O1. The van der Waals surface area contributed by atoms with Gasteiger partial charge in [0.2, 0.25) is 0 Å². The Kier molecular flexibility index (Phi) is 5.24. The number of ether oxygens (including phenoxy) is 2. The molecule has 7 nitrogen and oxygen atoms in total. The number of nitrogens with zero attached hydrogens (tertiary/aromatic N) is 2. The molecule has 4 rings (SSSR count). The van der Waals surface area contributed by atoms with Crippen LogP contribution in [0.4, 0.5) is 16.0 Å². The predicted octanol–water partition coefficient (Wildman–Crippen LogP) is 2.97. The number of fused-ring (bicyclic) bond motifs is 7. The van der Waals surface area contributed by atoms with E-state index in [1.165, 1.54) is 6.07 Å². The zero-order valence-electron chi connectivity index (χ0n) is 15.1. The van der Waals surface area contributed by atoms with Crippen LogP contribution in [0.15, 0.2) is 30.7 Å². The predicted molar refractivity (Wildman–Crippen MR) is 99.2 cm³/mol. The van der Waals surface area contributed by atoms with Gasteiger partial charge in [-0.05, 0) is 38.0 Å². The summed E-state index contributed by atoms with van der Waals surface area (Å²) >= 11 is 0. The maximum atomic E-state index is 14.1. The third-order valence-corrected chi connectivity index (χ3v) is 4.95. The van der Waals surface area contributed by atoms with Gasteiger partial charge in [0, 0.05) is 36.3 Å². The average Bonchev–Trinajstić information content (AvgIpc) is 3.29. The van der Waals surface area contributed by atoms with Gasteiger partial charge in [-0.1, -0.05) is 0 Å². The van der Waals surface area contributed by atoms with E-state index in [2.05, 4.69) is 32.4 Å². The molecule has 0 amide bonds. The molecule has 2 aliphatic rings. The van der Waals surface area contributed by atoms with Gasteiger partial charge in [0.25, 0.3) is 0 Å². The van der Waals surface area contributed by atoms with Gasteiger partial charge in [0.1, 0.15) is 6.10 Å². The highest BCUT2D eigenvalue weighted by Gasteiger charge is 2.29. The number of aromatic amines is 1. The molecule has 1 aliphatic carbocycles. The molecular weight excluding hydrogens is 349 g/mol. The first-order valence-electron chi connectivity index (χ1n) is 9.32. The fraction of sp³-hybridized carbons (Fsp3) is 0.474. The van der Waals surface area contributed by atoms with Crippen LogP contribution in [-0.4, -0.2) is 41.0 Å². The number of pyridine rings is 1. The summed E-state index contributed by atoms with van der Waals surface area (Å²) in [5, 5.41) is 13.4. The number of hydrogen-bond donors (Lipinski definition) is 3. The lowest BCUT2D eigenvalue weighted by molar-refractivity contribution is 0.0958. The minimum absolute atomic E-state index is 0.130. The van der Waals surface area contributed by atoms with E-state index in [0.29, 0.717) is 43.8 Å². The quantitative estimate of drug-likeness (QED) is 0.658. The zero-order chi connectivity index (χ0) is 18.6. The van der Waals surface area contributed by atoms with Crippen molar-refractivity contribution in [2.45, 2.75) is 37.7 Å². The Hall–Kier alpha value is -2.61. The average molecular weight is 373 g/mol. The smallest absolute Gasteiger partial charge is 0.179 e. The van der Waals surface area contributed by atoms with Crippen LogP contribution < -0.4 is 10.6 Å². The Morgan fingerprint density at radius 2 is 2.15 bits per heavy atom. The number of hydrogen-bond acceptors (Lipinski definition) is 6. The Morgan fingerprint density at radius 1 is 1.22 bits per heavy atom. The maximum Gasteiger partial charge on any atom is 0.179 e. The van der Waals surface area contributed by atoms with Gasteiger partial charge in [-0.25, -0.2) is 9.37 Å². The second-order valence-electron chi connectivity index (χ2n) is 6.93. The first kappa shape index (κ1) is 17.8. The summed E-state index contributed by atoms with van der Waals surface area (Å²) < 4.78 is 25.6. The summed E-state index contributed by atoms with van der Waals surface area (Å²) in [6.07, 6.45) is 3.58. The van der Waals surface area contributed by atoms with Crippen molar-refractivity contribution in [1.82, 2.24) is 20.5 Å². The molecule has 0 spiro atoms. The molecule has 6 bridgehead atoms. The fourth-order valence-corrected chi connectivity index (χ4v) is 3.55. The summed E-state index contributed by atoms with van der Waals surface area (Å²) in [7, 11) is 0. The number of halogens is 1. The molecule has 27 heavy (non-hydrogen) atoms. The molecule has 0 unspecified atom stereocenters. The monoisotopic (exact) mass is 373 g/mol. The molecule has 1 saturated carbocycles. The van der Waals surface area contributed by atoms with E-state index in [-0.39, 0.29) is 11.9 Å². The molecule has 0 aromatic carbocycles. The Labute approximate surface area is 157 Å². The van der Waals surface area contributed by atoms with Gasteiger partial charge in [0.15, 0.2) is 23.3 Å². The van der Waals surface area contributed by atoms with E-state index in [9.17, 15) is 4.39 Å². The van der Waals surface area contributed by atoms with Crippen molar-refractivity contribution in [3.8, 4) is 0 Å². The Morgan fingerprint density at radius 3 is 3.07 bits per heavy atom. The van der Waals surface area contributed by atoms with Crippen LogP contribution in [0, 0.1) is 5.82 Å². The fourth-order valence-electron chi connectivity index (χ4n) is 3.55. The summed E-state index contributed by atoms with van der Waals surface area (Å²) in [5.41, 5.74) is 1.78. The topological polar surface area (TPSA) is 84.1 Å². The molecule has 2 atom stereocenters. The molecule has 0 saturated heterocycles. The van der Waals surface area contributed by atoms with E-state index >= 15 is 0 Å². The summed E-state index contributed by atoms with van der Waals surface area (Å²) in [6, 6.07) is 5.01. The van der Waals surface area contributed by atoms with Crippen molar-refractivity contribution < 1.29 is 13.9 Å². The van der Waals surface area contributed by atoms with Gasteiger partial charge in [-0.3, -0.25) is 5.10 Å². The highest BCUT2D eigenvalue weighted by atomic mass is 19.1. The van der Waals surface area contributed by atoms with Gasteiger partial charge < -0.3 is 20.1 Å². The highest BCUT2D eigenvalue weighted by molar-refractivity contribution is 5.53. The molecule has 0 radical (unpaired) electrons. The van der Waals surface area contributed by atoms with E-state index in [1.807, 2.05) is 6.07 Å². The number of anilines is 2. The Bertz CT molecular complexity index is 809. The van der Waals surface area contributed by atoms with Crippen molar-refractivity contribution in [2.75, 3.05) is 25.1 Å². The van der Waals surface area contributed by atoms with Crippen molar-refractivity contribution in [2.24, 2.45) is 0 Å². The van der Waals surface area contributed by atoms with Crippen LogP contribution in [0.3, 0.4) is 0 Å². The van der Waals surface area contributed by atoms with Gasteiger partial charge in [-0.2, -0.15) is 5.10 Å². The first-order chi connectivity index (χ1) is 13.2. The number of H-pyrrole nitrogens is 1. The summed E-state index contributed by atoms with van der Waals surface area (Å²) in [4.78, 5) is 4.36. The lowest BCUT2D eigenvalue weighted by Crippen LogP contribution is -2.23. The van der Waals surface area contributed by atoms with E-state index in [1.54, 1.807) is 6.07 Å². The summed E-state index contributed by atoms with van der Waals surface area (Å²) in [5.74, 6) is 1.24. The van der Waals surface area contributed by atoms with Crippen LogP contribution in [0.1, 0.15) is 36.6 Å². The van der Waals surface area contributed by atoms with Gasteiger partial charge >= 0.3 is 0 Å². The highest BCUT2D eigenvalue weighted by Crippen LogP contribution is 2.36. The van der Waals surface area contributed by atoms with Gasteiger partial charge in [0.05, 0.1) is 13.2 Å². The van der Waals surface area contributed by atoms with Crippen LogP contribution >= 0.6 is 0 Å². The second kappa shape index (κ2) is 7.96. The maximum absolute atomic E-state index is 14.1. The van der Waals surface area contributed by atoms with E-state index < -0.39 is 5.82 Å². The van der Waals surface area contributed by atoms with Gasteiger partial charge in [-0.15, -0.1) is 0 Å². The van der Waals surface area contributed by atoms with E-state index in [4.69, 9.17) is 9.47 Å². The minimum atomic E-state index is -0.407. The molecule has 1 aliphatic heterocycles. The molecule has 2 aromatic heterocycles. The van der Waals surface area contributed by atoms with Crippen molar-refractivity contribution in [3.63, 3.8) is 0 Å². The zero-order valence-corrected chi connectivity index (χ0v) is 15.1.